The van der Waals surface area contributed by atoms with Crippen molar-refractivity contribution in [3.63, 3.8) is 0 Å². The Morgan fingerprint density at radius 1 is 0.422 bits per heavy atom. The van der Waals surface area contributed by atoms with Crippen molar-refractivity contribution < 1.29 is 0 Å². The fourth-order valence-corrected chi connectivity index (χ4v) is 7.77. The molecule has 1 aliphatic carbocycles. The lowest BCUT2D eigenvalue weighted by molar-refractivity contribution is 0.770. The summed E-state index contributed by atoms with van der Waals surface area (Å²) in [6, 6.07) is 61.6. The van der Waals surface area contributed by atoms with Crippen molar-refractivity contribution in [3.05, 3.63) is 197 Å². The van der Waals surface area contributed by atoms with Crippen LogP contribution >= 0.6 is 11.6 Å². The van der Waals surface area contributed by atoms with Crippen LogP contribution in [-0.4, -0.2) is 4.57 Å². The van der Waals surface area contributed by atoms with Gasteiger partial charge in [-0.3, -0.25) is 0 Å². The number of benzene rings is 7. The second kappa shape index (κ2) is 10.1. The Hall–Kier alpha value is -5.37. The molecule has 0 fully saturated rings. The number of rotatable bonds is 4. The van der Waals surface area contributed by atoms with Gasteiger partial charge in [-0.05, 0) is 93.0 Å². The van der Waals surface area contributed by atoms with Crippen LogP contribution in [0.5, 0.6) is 0 Å². The lowest BCUT2D eigenvalue weighted by atomic mass is 9.67. The predicted molar refractivity (Wildman–Crippen MR) is 189 cm³/mol. The molecule has 9 rings (SSSR count). The highest BCUT2D eigenvalue weighted by Crippen LogP contribution is 2.56. The molecule has 0 unspecified atom stereocenters. The molecule has 0 spiro atoms. The summed E-state index contributed by atoms with van der Waals surface area (Å²) >= 11 is 6.26. The summed E-state index contributed by atoms with van der Waals surface area (Å²) < 4.78 is 2.39. The van der Waals surface area contributed by atoms with Crippen molar-refractivity contribution in [3.8, 4) is 27.9 Å². The molecular formula is C43H28ClN. The van der Waals surface area contributed by atoms with Crippen LogP contribution in [0.4, 0.5) is 0 Å². The standard InChI is InChI=1S/C43H28ClN/c44-33-23-19-29(20-24-33)30-21-25-41-37(27-30)38-28-32(22-26-42(38)45(41)34-13-5-2-6-14-34)43(31-11-3-1-4-12-31)39-17-9-7-15-35(39)36-16-8-10-18-40(36)43/h1-28H. The lowest BCUT2D eigenvalue weighted by Gasteiger charge is -2.34. The van der Waals surface area contributed by atoms with Crippen LogP contribution in [0.25, 0.3) is 49.7 Å². The largest absolute Gasteiger partial charge is 0.309 e. The molecule has 0 aliphatic heterocycles. The van der Waals surface area contributed by atoms with E-state index in [1.807, 2.05) is 12.1 Å². The molecular weight excluding hydrogens is 566 g/mol. The van der Waals surface area contributed by atoms with Gasteiger partial charge in [-0.25, -0.2) is 0 Å². The van der Waals surface area contributed by atoms with E-state index in [0.29, 0.717) is 0 Å². The van der Waals surface area contributed by atoms with Crippen LogP contribution in [0.15, 0.2) is 170 Å². The summed E-state index contributed by atoms with van der Waals surface area (Å²) in [4.78, 5) is 0. The van der Waals surface area contributed by atoms with E-state index in [9.17, 15) is 0 Å². The van der Waals surface area contributed by atoms with Crippen molar-refractivity contribution in [1.82, 2.24) is 4.57 Å². The fourth-order valence-electron chi connectivity index (χ4n) is 7.65. The second-order valence-corrected chi connectivity index (χ2v) is 12.3. The first-order valence-electron chi connectivity index (χ1n) is 15.4. The Bertz CT molecular complexity index is 2320. The average molecular weight is 594 g/mol. The number of nitrogens with zero attached hydrogens (tertiary/aromatic N) is 1. The molecule has 7 aromatic carbocycles. The van der Waals surface area contributed by atoms with E-state index >= 15 is 0 Å². The quantitative estimate of drug-likeness (QED) is 0.191. The first-order chi connectivity index (χ1) is 22.2. The molecule has 0 atom stereocenters. The van der Waals surface area contributed by atoms with Crippen molar-refractivity contribution >= 4 is 33.4 Å². The summed E-state index contributed by atoms with van der Waals surface area (Å²) in [6.45, 7) is 0. The van der Waals surface area contributed by atoms with Crippen LogP contribution < -0.4 is 0 Å². The first-order valence-corrected chi connectivity index (χ1v) is 15.8. The SMILES string of the molecule is Clc1ccc(-c2ccc3c(c2)c2cc(C4(c5ccccc5)c5ccccc5-c5ccccc54)ccc2n3-c2ccccc2)cc1. The van der Waals surface area contributed by atoms with Crippen LogP contribution in [0, 0.1) is 0 Å². The number of hydrogen-bond donors (Lipinski definition) is 0. The molecule has 1 aliphatic rings. The maximum Gasteiger partial charge on any atom is 0.0713 e. The van der Waals surface area contributed by atoms with E-state index in [2.05, 4.69) is 162 Å². The van der Waals surface area contributed by atoms with Gasteiger partial charge in [0.2, 0.25) is 0 Å². The molecule has 1 heterocycles. The van der Waals surface area contributed by atoms with E-state index in [4.69, 9.17) is 11.6 Å². The molecule has 1 aromatic heterocycles. The summed E-state index contributed by atoms with van der Waals surface area (Å²) in [5.74, 6) is 0. The third-order valence-electron chi connectivity index (χ3n) is 9.55. The van der Waals surface area contributed by atoms with Crippen LogP contribution in [0.2, 0.25) is 5.02 Å². The maximum atomic E-state index is 6.26. The van der Waals surface area contributed by atoms with Crippen molar-refractivity contribution in [2.24, 2.45) is 0 Å². The minimum atomic E-state index is -0.447. The van der Waals surface area contributed by atoms with Crippen molar-refractivity contribution in [2.75, 3.05) is 0 Å². The van der Waals surface area contributed by atoms with E-state index < -0.39 is 5.41 Å². The first kappa shape index (κ1) is 26.1. The number of halogens is 1. The zero-order valence-corrected chi connectivity index (χ0v) is 25.2. The molecule has 0 bridgehead atoms. The summed E-state index contributed by atoms with van der Waals surface area (Å²) in [7, 11) is 0. The van der Waals surface area contributed by atoms with E-state index in [-0.39, 0.29) is 0 Å². The predicted octanol–water partition coefficient (Wildman–Crippen LogP) is 11.5. The molecule has 0 amide bonds. The second-order valence-electron chi connectivity index (χ2n) is 11.8. The normalized spacial score (nSPS) is 13.2. The Labute approximate surface area is 267 Å². The van der Waals surface area contributed by atoms with Crippen molar-refractivity contribution in [1.29, 1.82) is 0 Å². The summed E-state index contributed by atoms with van der Waals surface area (Å²) in [6.07, 6.45) is 0. The molecule has 2 heteroatoms. The van der Waals surface area contributed by atoms with Gasteiger partial charge >= 0.3 is 0 Å². The van der Waals surface area contributed by atoms with E-state index in [1.165, 1.54) is 60.8 Å². The van der Waals surface area contributed by atoms with Gasteiger partial charge in [0, 0.05) is 21.5 Å². The number of para-hydroxylation sites is 1. The monoisotopic (exact) mass is 593 g/mol. The highest BCUT2D eigenvalue weighted by atomic mass is 35.5. The summed E-state index contributed by atoms with van der Waals surface area (Å²) in [5.41, 5.74) is 13.2. The Morgan fingerprint density at radius 2 is 0.956 bits per heavy atom. The van der Waals surface area contributed by atoms with Crippen LogP contribution in [-0.2, 0) is 5.41 Å². The van der Waals surface area contributed by atoms with Gasteiger partial charge in [-0.15, -0.1) is 0 Å². The Balaban J connectivity index is 1.39. The minimum Gasteiger partial charge on any atom is -0.309 e. The Morgan fingerprint density at radius 3 is 1.62 bits per heavy atom. The van der Waals surface area contributed by atoms with Gasteiger partial charge in [0.05, 0.1) is 16.4 Å². The molecule has 8 aromatic rings. The molecule has 0 saturated carbocycles. The van der Waals surface area contributed by atoms with Crippen molar-refractivity contribution in [2.45, 2.75) is 5.41 Å². The minimum absolute atomic E-state index is 0.447. The topological polar surface area (TPSA) is 4.93 Å². The van der Waals surface area contributed by atoms with Gasteiger partial charge in [-0.1, -0.05) is 133 Å². The molecule has 0 saturated heterocycles. The molecule has 45 heavy (non-hydrogen) atoms. The number of fused-ring (bicyclic) bond motifs is 6. The Kier molecular flexibility index (Phi) is 5.84. The van der Waals surface area contributed by atoms with E-state index in [1.54, 1.807) is 0 Å². The lowest BCUT2D eigenvalue weighted by Crippen LogP contribution is -2.28. The zero-order valence-electron chi connectivity index (χ0n) is 24.5. The van der Waals surface area contributed by atoms with Gasteiger partial charge in [0.25, 0.3) is 0 Å². The fraction of sp³-hybridized carbons (Fsp3) is 0.0233. The number of aromatic nitrogens is 1. The van der Waals surface area contributed by atoms with Gasteiger partial charge in [0.1, 0.15) is 0 Å². The highest BCUT2D eigenvalue weighted by molar-refractivity contribution is 6.30. The molecule has 212 valence electrons. The summed E-state index contributed by atoms with van der Waals surface area (Å²) in [5, 5.41) is 3.21. The highest BCUT2D eigenvalue weighted by Gasteiger charge is 2.46. The molecule has 0 radical (unpaired) electrons. The van der Waals surface area contributed by atoms with Crippen LogP contribution in [0.1, 0.15) is 22.3 Å². The molecule has 0 N–H and O–H groups in total. The van der Waals surface area contributed by atoms with Gasteiger partial charge in [-0.2, -0.15) is 0 Å². The number of hydrogen-bond acceptors (Lipinski definition) is 0. The zero-order chi connectivity index (χ0) is 30.0. The van der Waals surface area contributed by atoms with Gasteiger partial charge < -0.3 is 4.57 Å². The van der Waals surface area contributed by atoms with Crippen LogP contribution in [0.3, 0.4) is 0 Å². The molecule has 1 nitrogen and oxygen atoms in total. The van der Waals surface area contributed by atoms with Gasteiger partial charge in [0.15, 0.2) is 0 Å². The van der Waals surface area contributed by atoms with E-state index in [0.717, 1.165) is 16.3 Å². The smallest absolute Gasteiger partial charge is 0.0713 e. The third kappa shape index (κ3) is 3.81. The maximum absolute atomic E-state index is 6.26. The average Bonchev–Trinajstić information content (AvgIpc) is 3.59. The third-order valence-corrected chi connectivity index (χ3v) is 9.80.